The summed E-state index contributed by atoms with van der Waals surface area (Å²) < 4.78 is 0. The van der Waals surface area contributed by atoms with E-state index in [1.807, 2.05) is 27.7 Å². The largest absolute Gasteiger partial charge is 0.394 e. The van der Waals surface area contributed by atoms with Gasteiger partial charge in [0.2, 0.25) is 5.91 Å². The van der Waals surface area contributed by atoms with Gasteiger partial charge in [0, 0.05) is 0 Å². The lowest BCUT2D eigenvalue weighted by Gasteiger charge is -2.30. The summed E-state index contributed by atoms with van der Waals surface area (Å²) in [6, 6.07) is -0.493. The molecule has 1 amide bonds. The maximum atomic E-state index is 11.7. The van der Waals surface area contributed by atoms with E-state index < -0.39 is 11.6 Å². The molecule has 15 heavy (non-hydrogen) atoms. The van der Waals surface area contributed by atoms with Crippen molar-refractivity contribution in [2.24, 2.45) is 11.7 Å². The highest BCUT2D eigenvalue weighted by Gasteiger charge is 2.27. The normalized spacial score (nSPS) is 19.1. The summed E-state index contributed by atoms with van der Waals surface area (Å²) in [5.41, 5.74) is 5.24. The van der Waals surface area contributed by atoms with Crippen molar-refractivity contribution in [3.63, 3.8) is 0 Å². The van der Waals surface area contributed by atoms with E-state index in [1.165, 1.54) is 0 Å². The third kappa shape index (κ3) is 4.18. The molecular formula is C11H24N2O2. The van der Waals surface area contributed by atoms with Crippen LogP contribution in [-0.2, 0) is 4.79 Å². The van der Waals surface area contributed by atoms with Gasteiger partial charge in [-0.05, 0) is 19.3 Å². The second-order valence-electron chi connectivity index (χ2n) is 4.47. The maximum absolute atomic E-state index is 11.7. The fourth-order valence-corrected chi connectivity index (χ4v) is 1.13. The zero-order valence-corrected chi connectivity index (χ0v) is 10.2. The number of hydrogen-bond donors (Lipinski definition) is 3. The minimum absolute atomic E-state index is 0.0670. The molecule has 0 heterocycles. The molecular weight excluding hydrogens is 192 g/mol. The van der Waals surface area contributed by atoms with Crippen LogP contribution in [0, 0.1) is 5.92 Å². The first-order chi connectivity index (χ1) is 6.90. The van der Waals surface area contributed by atoms with Crippen LogP contribution in [0.5, 0.6) is 0 Å². The molecule has 0 rings (SSSR count). The smallest absolute Gasteiger partial charge is 0.237 e. The van der Waals surface area contributed by atoms with Gasteiger partial charge in [-0.3, -0.25) is 4.79 Å². The molecule has 4 N–H and O–H groups in total. The van der Waals surface area contributed by atoms with Gasteiger partial charge >= 0.3 is 0 Å². The SMILES string of the molecule is CC[C@H](C)[C@H](N)C(=O)NC(C)(CC)CO. The minimum atomic E-state index is -0.553. The summed E-state index contributed by atoms with van der Waals surface area (Å²) in [5, 5.41) is 12.0. The van der Waals surface area contributed by atoms with Crippen LogP contribution in [0.1, 0.15) is 40.5 Å². The van der Waals surface area contributed by atoms with Gasteiger partial charge in [0.25, 0.3) is 0 Å². The van der Waals surface area contributed by atoms with E-state index in [1.54, 1.807) is 0 Å². The standard InChI is InChI=1S/C11H24N2O2/c1-5-8(3)9(12)10(15)13-11(4,6-2)7-14/h8-9,14H,5-7,12H2,1-4H3,(H,13,15)/t8-,9-,11?/m0/s1. The number of hydrogen-bond acceptors (Lipinski definition) is 3. The summed E-state index contributed by atoms with van der Waals surface area (Å²) in [6.45, 7) is 7.62. The fraction of sp³-hybridized carbons (Fsp3) is 0.909. The van der Waals surface area contributed by atoms with Crippen LogP contribution in [0.3, 0.4) is 0 Å². The van der Waals surface area contributed by atoms with Crippen LogP contribution in [0.15, 0.2) is 0 Å². The Morgan fingerprint density at radius 1 is 1.53 bits per heavy atom. The summed E-state index contributed by atoms with van der Waals surface area (Å²) in [7, 11) is 0. The number of carbonyl (C=O) groups excluding carboxylic acids is 1. The fourth-order valence-electron chi connectivity index (χ4n) is 1.13. The molecule has 0 aromatic carbocycles. The van der Waals surface area contributed by atoms with Gasteiger partial charge in [-0.2, -0.15) is 0 Å². The number of aliphatic hydroxyl groups excluding tert-OH is 1. The van der Waals surface area contributed by atoms with E-state index >= 15 is 0 Å². The molecule has 0 aromatic rings. The molecule has 0 fully saturated rings. The Hall–Kier alpha value is -0.610. The lowest BCUT2D eigenvalue weighted by molar-refractivity contribution is -0.125. The molecule has 0 aliphatic carbocycles. The Morgan fingerprint density at radius 2 is 2.07 bits per heavy atom. The van der Waals surface area contributed by atoms with Crippen LogP contribution in [0.25, 0.3) is 0 Å². The lowest BCUT2D eigenvalue weighted by atomic mass is 9.95. The van der Waals surface area contributed by atoms with Crippen molar-refractivity contribution < 1.29 is 9.90 Å². The summed E-state index contributed by atoms with van der Waals surface area (Å²) in [5.74, 6) is -0.0208. The zero-order valence-electron chi connectivity index (χ0n) is 10.2. The Bertz CT molecular complexity index is 203. The Morgan fingerprint density at radius 3 is 2.40 bits per heavy atom. The van der Waals surface area contributed by atoms with E-state index in [4.69, 9.17) is 10.8 Å². The molecule has 0 aliphatic rings. The molecule has 0 saturated carbocycles. The monoisotopic (exact) mass is 216 g/mol. The van der Waals surface area contributed by atoms with Gasteiger partial charge in [0.05, 0.1) is 18.2 Å². The van der Waals surface area contributed by atoms with Gasteiger partial charge in [-0.15, -0.1) is 0 Å². The highest BCUT2D eigenvalue weighted by molar-refractivity contribution is 5.82. The Labute approximate surface area is 92.2 Å². The molecule has 90 valence electrons. The number of nitrogens with two attached hydrogens (primary N) is 1. The molecule has 1 unspecified atom stereocenters. The van der Waals surface area contributed by atoms with Crippen LogP contribution < -0.4 is 11.1 Å². The second kappa shape index (κ2) is 6.08. The van der Waals surface area contributed by atoms with Crippen molar-refractivity contribution in [3.05, 3.63) is 0 Å². The van der Waals surface area contributed by atoms with Crippen LogP contribution >= 0.6 is 0 Å². The van der Waals surface area contributed by atoms with Crippen molar-refractivity contribution in [1.82, 2.24) is 5.32 Å². The molecule has 3 atom stereocenters. The van der Waals surface area contributed by atoms with Crippen LogP contribution in [0.4, 0.5) is 0 Å². The molecule has 0 aromatic heterocycles. The predicted octanol–water partition coefficient (Wildman–Crippen LogP) is 0.637. The van der Waals surface area contributed by atoms with Gasteiger partial charge in [0.1, 0.15) is 0 Å². The molecule has 0 spiro atoms. The van der Waals surface area contributed by atoms with Crippen molar-refractivity contribution in [2.75, 3.05) is 6.61 Å². The third-order valence-corrected chi connectivity index (χ3v) is 3.11. The van der Waals surface area contributed by atoms with Crippen LogP contribution in [-0.4, -0.2) is 29.2 Å². The zero-order chi connectivity index (χ0) is 12.1. The van der Waals surface area contributed by atoms with Gasteiger partial charge in [-0.1, -0.05) is 27.2 Å². The molecule has 4 nitrogen and oxygen atoms in total. The summed E-state index contributed by atoms with van der Waals surface area (Å²) >= 11 is 0. The summed E-state index contributed by atoms with van der Waals surface area (Å²) in [6.07, 6.45) is 1.55. The van der Waals surface area contributed by atoms with Crippen molar-refractivity contribution in [1.29, 1.82) is 0 Å². The van der Waals surface area contributed by atoms with Gasteiger partial charge in [-0.25, -0.2) is 0 Å². The van der Waals surface area contributed by atoms with E-state index in [9.17, 15) is 4.79 Å². The molecule has 4 heteroatoms. The first kappa shape index (κ1) is 14.4. The number of carbonyl (C=O) groups is 1. The van der Waals surface area contributed by atoms with E-state index in [0.29, 0.717) is 6.42 Å². The van der Waals surface area contributed by atoms with E-state index in [0.717, 1.165) is 6.42 Å². The Balaban J connectivity index is 4.35. The van der Waals surface area contributed by atoms with Crippen LogP contribution in [0.2, 0.25) is 0 Å². The van der Waals surface area contributed by atoms with Crippen molar-refractivity contribution in [2.45, 2.75) is 52.1 Å². The van der Waals surface area contributed by atoms with E-state index in [-0.39, 0.29) is 18.4 Å². The molecule has 0 saturated heterocycles. The molecule has 0 bridgehead atoms. The minimum Gasteiger partial charge on any atom is -0.394 e. The molecule has 0 aliphatic heterocycles. The number of rotatable bonds is 6. The topological polar surface area (TPSA) is 75.4 Å². The first-order valence-corrected chi connectivity index (χ1v) is 5.58. The van der Waals surface area contributed by atoms with Crippen molar-refractivity contribution in [3.8, 4) is 0 Å². The molecule has 0 radical (unpaired) electrons. The number of nitrogens with one attached hydrogen (secondary N) is 1. The predicted molar refractivity (Wildman–Crippen MR) is 61.4 cm³/mol. The van der Waals surface area contributed by atoms with Gasteiger partial charge < -0.3 is 16.2 Å². The lowest BCUT2D eigenvalue weighted by Crippen LogP contribution is -2.55. The average molecular weight is 216 g/mol. The maximum Gasteiger partial charge on any atom is 0.237 e. The quantitative estimate of drug-likeness (QED) is 0.610. The van der Waals surface area contributed by atoms with E-state index in [2.05, 4.69) is 5.32 Å². The van der Waals surface area contributed by atoms with Crippen molar-refractivity contribution >= 4 is 5.91 Å². The Kier molecular flexibility index (Phi) is 5.83. The average Bonchev–Trinajstić information content (AvgIpc) is 2.26. The third-order valence-electron chi connectivity index (χ3n) is 3.11. The summed E-state index contributed by atoms with van der Waals surface area (Å²) in [4.78, 5) is 11.7. The second-order valence-corrected chi connectivity index (χ2v) is 4.47. The number of aliphatic hydroxyl groups is 1. The first-order valence-electron chi connectivity index (χ1n) is 5.58. The highest BCUT2D eigenvalue weighted by atomic mass is 16.3. The number of amides is 1. The van der Waals surface area contributed by atoms with Gasteiger partial charge in [0.15, 0.2) is 0 Å². The highest BCUT2D eigenvalue weighted by Crippen LogP contribution is 2.10.